The number of hydrogen-bond acceptors (Lipinski definition) is 3. The van der Waals surface area contributed by atoms with E-state index in [9.17, 15) is 13.2 Å². The van der Waals surface area contributed by atoms with Crippen LogP contribution in [0.15, 0.2) is 0 Å². The monoisotopic (exact) mass is 256 g/mol. The molecule has 0 aromatic carbocycles. The van der Waals surface area contributed by atoms with E-state index < -0.39 is 12.6 Å². The fourth-order valence-electron chi connectivity index (χ4n) is 1.60. The molecule has 0 spiro atoms. The highest BCUT2D eigenvalue weighted by Crippen LogP contribution is 2.20. The number of thioether (sulfide) groups is 1. The maximum atomic E-state index is 11.8. The lowest BCUT2D eigenvalue weighted by Crippen LogP contribution is -2.38. The van der Waals surface area contributed by atoms with Gasteiger partial charge in [0.25, 0.3) is 0 Å². The highest BCUT2D eigenvalue weighted by atomic mass is 32.2. The number of nitrogens with zero attached hydrogens (tertiary/aromatic N) is 1. The summed E-state index contributed by atoms with van der Waals surface area (Å²) in [6.07, 6.45) is -4.51. The molecule has 1 aliphatic rings. The average Bonchev–Trinajstić information content (AvgIpc) is 2.23. The van der Waals surface area contributed by atoms with Crippen molar-refractivity contribution in [3.05, 3.63) is 0 Å². The van der Waals surface area contributed by atoms with Crippen LogP contribution < -0.4 is 5.32 Å². The minimum absolute atomic E-state index is 0.180. The molecule has 0 aliphatic carbocycles. The standard InChI is InChI=1S/C10H19F3N2S/c11-10(12,13)2-1-3-14-4-5-15-6-8-16-9-7-15/h14H,1-9H2. The quantitative estimate of drug-likeness (QED) is 0.731. The summed E-state index contributed by atoms with van der Waals surface area (Å²) < 4.78 is 35.5. The number of alkyl halides is 3. The smallest absolute Gasteiger partial charge is 0.315 e. The summed E-state index contributed by atoms with van der Waals surface area (Å²) in [7, 11) is 0. The third-order valence-electron chi connectivity index (χ3n) is 2.52. The molecule has 1 heterocycles. The number of rotatable bonds is 6. The summed E-state index contributed by atoms with van der Waals surface area (Å²) in [4.78, 5) is 2.35. The van der Waals surface area contributed by atoms with Gasteiger partial charge in [-0.25, -0.2) is 0 Å². The lowest BCUT2D eigenvalue weighted by molar-refractivity contribution is -0.135. The molecule has 0 saturated carbocycles. The van der Waals surface area contributed by atoms with Crippen molar-refractivity contribution >= 4 is 11.8 Å². The van der Waals surface area contributed by atoms with Gasteiger partial charge >= 0.3 is 6.18 Å². The zero-order valence-electron chi connectivity index (χ0n) is 9.35. The van der Waals surface area contributed by atoms with Crippen molar-refractivity contribution in [2.75, 3.05) is 44.2 Å². The maximum Gasteiger partial charge on any atom is 0.389 e. The second kappa shape index (κ2) is 7.40. The topological polar surface area (TPSA) is 15.3 Å². The van der Waals surface area contributed by atoms with Crippen LogP contribution in [0, 0.1) is 0 Å². The van der Waals surface area contributed by atoms with Crippen LogP contribution >= 0.6 is 11.8 Å². The van der Waals surface area contributed by atoms with Gasteiger partial charge in [0.15, 0.2) is 0 Å². The Morgan fingerprint density at radius 1 is 1.12 bits per heavy atom. The first-order chi connectivity index (χ1) is 7.58. The van der Waals surface area contributed by atoms with Crippen LogP contribution in [-0.4, -0.2) is 55.3 Å². The number of nitrogens with one attached hydrogen (secondary N) is 1. The first kappa shape index (κ1) is 14.1. The minimum atomic E-state index is -4.01. The van der Waals surface area contributed by atoms with Gasteiger partial charge in [-0.1, -0.05) is 0 Å². The third-order valence-corrected chi connectivity index (χ3v) is 3.46. The predicted molar refractivity (Wildman–Crippen MR) is 61.9 cm³/mol. The molecule has 1 N–H and O–H groups in total. The Balaban J connectivity index is 1.87. The normalized spacial score (nSPS) is 18.9. The Labute approximate surface area is 98.9 Å². The molecule has 6 heteroatoms. The van der Waals surface area contributed by atoms with E-state index in [0.29, 0.717) is 6.54 Å². The molecule has 2 nitrogen and oxygen atoms in total. The summed E-state index contributed by atoms with van der Waals surface area (Å²) in [5.41, 5.74) is 0. The molecule has 1 rings (SSSR count). The predicted octanol–water partition coefficient (Wildman–Crippen LogP) is 1.97. The van der Waals surface area contributed by atoms with Crippen molar-refractivity contribution in [3.63, 3.8) is 0 Å². The van der Waals surface area contributed by atoms with Crippen LogP contribution in [0.4, 0.5) is 13.2 Å². The van der Waals surface area contributed by atoms with Crippen molar-refractivity contribution in [2.24, 2.45) is 0 Å². The van der Waals surface area contributed by atoms with E-state index in [0.717, 1.165) is 26.2 Å². The first-order valence-electron chi connectivity index (χ1n) is 5.65. The van der Waals surface area contributed by atoms with Gasteiger partial charge in [0.05, 0.1) is 0 Å². The summed E-state index contributed by atoms with van der Waals surface area (Å²) in [5, 5.41) is 3.06. The van der Waals surface area contributed by atoms with Gasteiger partial charge < -0.3 is 10.2 Å². The van der Waals surface area contributed by atoms with E-state index in [1.165, 1.54) is 11.5 Å². The molecular formula is C10H19F3N2S. The van der Waals surface area contributed by atoms with Crippen molar-refractivity contribution in [1.29, 1.82) is 0 Å². The summed E-state index contributed by atoms with van der Waals surface area (Å²) in [5.74, 6) is 2.35. The van der Waals surface area contributed by atoms with Crippen molar-refractivity contribution < 1.29 is 13.2 Å². The lowest BCUT2D eigenvalue weighted by Gasteiger charge is -2.26. The highest BCUT2D eigenvalue weighted by Gasteiger charge is 2.25. The fraction of sp³-hybridized carbons (Fsp3) is 1.00. The van der Waals surface area contributed by atoms with Gasteiger partial charge in [-0.15, -0.1) is 0 Å². The van der Waals surface area contributed by atoms with Gasteiger partial charge in [-0.3, -0.25) is 0 Å². The molecule has 0 aromatic rings. The van der Waals surface area contributed by atoms with Crippen LogP contribution in [0.3, 0.4) is 0 Å². The largest absolute Gasteiger partial charge is 0.389 e. The Bertz CT molecular complexity index is 181. The third kappa shape index (κ3) is 7.35. The summed E-state index contributed by atoms with van der Waals surface area (Å²) >= 11 is 1.96. The van der Waals surface area contributed by atoms with Crippen molar-refractivity contribution in [2.45, 2.75) is 19.0 Å². The molecule has 0 radical (unpaired) electrons. The molecule has 0 bridgehead atoms. The van der Waals surface area contributed by atoms with E-state index in [1.807, 2.05) is 11.8 Å². The molecule has 0 unspecified atom stereocenters. The SMILES string of the molecule is FC(F)(F)CCCNCCN1CCSCC1. The van der Waals surface area contributed by atoms with E-state index >= 15 is 0 Å². The van der Waals surface area contributed by atoms with Crippen LogP contribution in [0.25, 0.3) is 0 Å². The maximum absolute atomic E-state index is 11.8. The Kier molecular flexibility index (Phi) is 6.53. The highest BCUT2D eigenvalue weighted by molar-refractivity contribution is 7.99. The molecule has 1 aliphatic heterocycles. The van der Waals surface area contributed by atoms with Crippen LogP contribution in [-0.2, 0) is 0 Å². The summed E-state index contributed by atoms with van der Waals surface area (Å²) in [6.45, 7) is 4.42. The minimum Gasteiger partial charge on any atom is -0.315 e. The molecule has 16 heavy (non-hydrogen) atoms. The van der Waals surface area contributed by atoms with Gasteiger partial charge in [-0.2, -0.15) is 24.9 Å². The molecular weight excluding hydrogens is 237 g/mol. The van der Waals surface area contributed by atoms with Gasteiger partial charge in [0.2, 0.25) is 0 Å². The Hall–Kier alpha value is 0.0600. The van der Waals surface area contributed by atoms with E-state index in [-0.39, 0.29) is 6.42 Å². The van der Waals surface area contributed by atoms with E-state index in [1.54, 1.807) is 0 Å². The first-order valence-corrected chi connectivity index (χ1v) is 6.81. The number of hydrogen-bond donors (Lipinski definition) is 1. The van der Waals surface area contributed by atoms with E-state index in [4.69, 9.17) is 0 Å². The Morgan fingerprint density at radius 2 is 1.81 bits per heavy atom. The zero-order chi connectivity index (χ0) is 11.9. The molecule has 0 atom stereocenters. The molecule has 1 saturated heterocycles. The van der Waals surface area contributed by atoms with Gasteiger partial charge in [0, 0.05) is 44.1 Å². The lowest BCUT2D eigenvalue weighted by atomic mass is 10.3. The van der Waals surface area contributed by atoms with Crippen LogP contribution in [0.1, 0.15) is 12.8 Å². The second-order valence-corrected chi connectivity index (χ2v) is 5.15. The fourth-order valence-corrected chi connectivity index (χ4v) is 2.58. The van der Waals surface area contributed by atoms with Crippen molar-refractivity contribution in [3.8, 4) is 0 Å². The van der Waals surface area contributed by atoms with Crippen LogP contribution in [0.2, 0.25) is 0 Å². The summed E-state index contributed by atoms with van der Waals surface area (Å²) in [6, 6.07) is 0. The number of halogens is 3. The average molecular weight is 256 g/mol. The van der Waals surface area contributed by atoms with Gasteiger partial charge in [-0.05, 0) is 13.0 Å². The second-order valence-electron chi connectivity index (χ2n) is 3.92. The van der Waals surface area contributed by atoms with Gasteiger partial charge in [0.1, 0.15) is 0 Å². The van der Waals surface area contributed by atoms with Crippen molar-refractivity contribution in [1.82, 2.24) is 10.2 Å². The molecule has 0 amide bonds. The Morgan fingerprint density at radius 3 is 2.44 bits per heavy atom. The van der Waals surface area contributed by atoms with E-state index in [2.05, 4.69) is 10.2 Å². The van der Waals surface area contributed by atoms with Crippen LogP contribution in [0.5, 0.6) is 0 Å². The zero-order valence-corrected chi connectivity index (χ0v) is 10.2. The molecule has 1 fully saturated rings. The molecule has 96 valence electrons. The molecule has 0 aromatic heterocycles.